The fourth-order valence-corrected chi connectivity index (χ4v) is 3.61. The number of nitrogens with zero attached hydrogens (tertiary/aromatic N) is 2. The van der Waals surface area contributed by atoms with Crippen molar-refractivity contribution in [1.29, 1.82) is 5.26 Å². The summed E-state index contributed by atoms with van der Waals surface area (Å²) in [6.45, 7) is -0.272. The second kappa shape index (κ2) is 8.84. The van der Waals surface area contributed by atoms with Crippen LogP contribution < -0.4 is 10.2 Å². The molecule has 0 saturated carbocycles. The summed E-state index contributed by atoms with van der Waals surface area (Å²) in [6.07, 6.45) is 1.36. The summed E-state index contributed by atoms with van der Waals surface area (Å²) < 4.78 is 6.94. The number of benzene rings is 2. The highest BCUT2D eigenvalue weighted by molar-refractivity contribution is 14.1. The zero-order valence-corrected chi connectivity index (χ0v) is 16.5. The smallest absolute Gasteiger partial charge is 0.277 e. The quantitative estimate of drug-likeness (QED) is 0.342. The highest BCUT2D eigenvalue weighted by atomic mass is 127. The molecule has 1 amide bonds. The fraction of sp³-hybridized carbons (Fsp3) is 0.0625. The maximum absolute atomic E-state index is 11.7. The number of rotatable bonds is 5. The SMILES string of the molecule is N#Cc1ccccc1OCC(=O)NN=Cc1cc(I)cc(I)c1O. The molecule has 0 unspecified atom stereocenters. The molecule has 2 rings (SSSR count). The van der Waals surface area contributed by atoms with E-state index < -0.39 is 5.91 Å². The van der Waals surface area contributed by atoms with Crippen molar-refractivity contribution in [2.24, 2.45) is 5.10 Å². The van der Waals surface area contributed by atoms with Gasteiger partial charge >= 0.3 is 0 Å². The normalized spacial score (nSPS) is 10.4. The standard InChI is InChI=1S/C16H11I2N3O3/c17-12-5-11(16(23)13(18)6-12)8-20-21-15(22)9-24-14-4-2-1-3-10(14)7-19/h1-6,8,23H,9H2,(H,21,22). The van der Waals surface area contributed by atoms with E-state index in [1.807, 2.05) is 34.7 Å². The Balaban J connectivity index is 1.93. The van der Waals surface area contributed by atoms with Gasteiger partial charge in [-0.25, -0.2) is 5.43 Å². The maximum atomic E-state index is 11.7. The van der Waals surface area contributed by atoms with E-state index in [0.717, 1.165) is 3.57 Å². The Morgan fingerprint density at radius 2 is 2.12 bits per heavy atom. The molecule has 0 spiro atoms. The third kappa shape index (κ3) is 5.07. The highest BCUT2D eigenvalue weighted by Gasteiger charge is 2.07. The van der Waals surface area contributed by atoms with Gasteiger partial charge in [-0.1, -0.05) is 12.1 Å². The van der Waals surface area contributed by atoms with Crippen LogP contribution in [-0.4, -0.2) is 23.8 Å². The molecule has 2 aromatic rings. The molecule has 0 aliphatic heterocycles. The van der Waals surface area contributed by atoms with Crippen molar-refractivity contribution in [2.75, 3.05) is 6.61 Å². The van der Waals surface area contributed by atoms with Gasteiger partial charge in [-0.05, 0) is 69.4 Å². The minimum atomic E-state index is -0.473. The first-order valence-corrected chi connectivity index (χ1v) is 8.79. The van der Waals surface area contributed by atoms with Gasteiger partial charge in [0, 0.05) is 9.13 Å². The first kappa shape index (κ1) is 18.5. The summed E-state index contributed by atoms with van der Waals surface area (Å²) in [5, 5.41) is 22.7. The second-order valence-electron chi connectivity index (χ2n) is 4.52. The number of halogens is 2. The second-order valence-corrected chi connectivity index (χ2v) is 6.92. The Morgan fingerprint density at radius 1 is 1.38 bits per heavy atom. The summed E-state index contributed by atoms with van der Waals surface area (Å²) in [5.74, 6) is -0.0315. The van der Waals surface area contributed by atoms with Crippen LogP contribution in [0.1, 0.15) is 11.1 Å². The Hall–Kier alpha value is -1.87. The number of carbonyl (C=O) groups excluding carboxylic acids is 1. The predicted molar refractivity (Wildman–Crippen MR) is 106 cm³/mol. The molecular weight excluding hydrogens is 536 g/mol. The summed E-state index contributed by atoms with van der Waals surface area (Å²) >= 11 is 4.15. The lowest BCUT2D eigenvalue weighted by Crippen LogP contribution is -2.24. The first-order chi connectivity index (χ1) is 11.5. The van der Waals surface area contributed by atoms with Crippen LogP contribution in [-0.2, 0) is 4.79 Å². The van der Waals surface area contributed by atoms with E-state index in [0.29, 0.717) is 20.4 Å². The van der Waals surface area contributed by atoms with Gasteiger partial charge in [-0.15, -0.1) is 0 Å². The average molecular weight is 547 g/mol. The Kier molecular flexibility index (Phi) is 6.80. The van der Waals surface area contributed by atoms with E-state index in [4.69, 9.17) is 10.00 Å². The molecule has 2 aromatic carbocycles. The van der Waals surface area contributed by atoms with Gasteiger partial charge in [0.2, 0.25) is 0 Å². The lowest BCUT2D eigenvalue weighted by atomic mass is 10.2. The van der Waals surface area contributed by atoms with Crippen molar-refractivity contribution >= 4 is 57.3 Å². The Morgan fingerprint density at radius 3 is 2.88 bits per heavy atom. The van der Waals surface area contributed by atoms with Crippen molar-refractivity contribution in [3.8, 4) is 17.6 Å². The molecule has 0 saturated heterocycles. The van der Waals surface area contributed by atoms with Crippen molar-refractivity contribution < 1.29 is 14.6 Å². The molecule has 0 aliphatic carbocycles. The Labute approximate surface area is 165 Å². The molecule has 0 atom stereocenters. The summed E-state index contributed by atoms with van der Waals surface area (Å²) in [5.41, 5.74) is 3.17. The van der Waals surface area contributed by atoms with E-state index in [1.54, 1.807) is 30.3 Å². The summed E-state index contributed by atoms with van der Waals surface area (Å²) in [6, 6.07) is 12.2. The van der Waals surface area contributed by atoms with Crippen LogP contribution >= 0.6 is 45.2 Å². The summed E-state index contributed by atoms with van der Waals surface area (Å²) in [7, 11) is 0. The number of nitriles is 1. The number of nitrogens with one attached hydrogen (secondary N) is 1. The number of amides is 1. The number of para-hydroxylation sites is 1. The molecule has 0 radical (unpaired) electrons. The van der Waals surface area contributed by atoms with Gasteiger partial charge in [-0.2, -0.15) is 10.4 Å². The van der Waals surface area contributed by atoms with E-state index >= 15 is 0 Å². The third-order valence-electron chi connectivity index (χ3n) is 2.82. The van der Waals surface area contributed by atoms with Gasteiger partial charge in [0.05, 0.1) is 15.3 Å². The topological polar surface area (TPSA) is 94.7 Å². The van der Waals surface area contributed by atoms with E-state index in [1.165, 1.54) is 6.21 Å². The lowest BCUT2D eigenvalue weighted by molar-refractivity contribution is -0.123. The van der Waals surface area contributed by atoms with E-state index in [9.17, 15) is 9.90 Å². The van der Waals surface area contributed by atoms with Gasteiger partial charge in [0.1, 0.15) is 17.6 Å². The van der Waals surface area contributed by atoms with Crippen molar-refractivity contribution in [3.63, 3.8) is 0 Å². The number of ether oxygens (including phenoxy) is 1. The molecule has 2 N–H and O–H groups in total. The van der Waals surface area contributed by atoms with Gasteiger partial charge in [-0.3, -0.25) is 4.79 Å². The molecular formula is C16H11I2N3O3. The van der Waals surface area contributed by atoms with E-state index in [-0.39, 0.29) is 12.4 Å². The van der Waals surface area contributed by atoms with Crippen molar-refractivity contribution in [2.45, 2.75) is 0 Å². The maximum Gasteiger partial charge on any atom is 0.277 e. The van der Waals surface area contributed by atoms with Gasteiger partial charge in [0.15, 0.2) is 6.61 Å². The zero-order valence-electron chi connectivity index (χ0n) is 12.2. The largest absolute Gasteiger partial charge is 0.506 e. The number of carbonyl (C=O) groups is 1. The van der Waals surface area contributed by atoms with Crippen LogP contribution in [0.4, 0.5) is 0 Å². The number of hydrogen-bond acceptors (Lipinski definition) is 5. The van der Waals surface area contributed by atoms with Crippen LogP contribution in [0.15, 0.2) is 41.5 Å². The third-order valence-corrected chi connectivity index (χ3v) is 4.26. The van der Waals surface area contributed by atoms with Gasteiger partial charge in [0.25, 0.3) is 5.91 Å². The minimum absolute atomic E-state index is 0.105. The molecule has 122 valence electrons. The number of phenolic OH excluding ortho intramolecular Hbond substituents is 1. The van der Waals surface area contributed by atoms with Crippen LogP contribution in [0.3, 0.4) is 0 Å². The molecule has 0 aliphatic rings. The molecule has 0 heterocycles. The Bertz CT molecular complexity index is 832. The van der Waals surface area contributed by atoms with Gasteiger partial charge < -0.3 is 9.84 Å². The molecule has 0 bridgehead atoms. The van der Waals surface area contributed by atoms with Crippen LogP contribution in [0.2, 0.25) is 0 Å². The zero-order chi connectivity index (χ0) is 17.5. The lowest BCUT2D eigenvalue weighted by Gasteiger charge is -2.06. The molecule has 24 heavy (non-hydrogen) atoms. The van der Waals surface area contributed by atoms with Crippen molar-refractivity contribution in [1.82, 2.24) is 5.43 Å². The van der Waals surface area contributed by atoms with Crippen LogP contribution in [0, 0.1) is 18.5 Å². The van der Waals surface area contributed by atoms with Crippen LogP contribution in [0.5, 0.6) is 11.5 Å². The molecule has 0 aromatic heterocycles. The van der Waals surface area contributed by atoms with Crippen LogP contribution in [0.25, 0.3) is 0 Å². The number of hydrazone groups is 1. The molecule has 8 heteroatoms. The first-order valence-electron chi connectivity index (χ1n) is 6.63. The number of aromatic hydroxyl groups is 1. The monoisotopic (exact) mass is 547 g/mol. The van der Waals surface area contributed by atoms with Crippen molar-refractivity contribution in [3.05, 3.63) is 54.7 Å². The predicted octanol–water partition coefficient (Wildman–Crippen LogP) is 3.00. The summed E-state index contributed by atoms with van der Waals surface area (Å²) in [4.78, 5) is 11.7. The average Bonchev–Trinajstić information content (AvgIpc) is 2.57. The van der Waals surface area contributed by atoms with E-state index in [2.05, 4.69) is 33.1 Å². The number of hydrogen-bond donors (Lipinski definition) is 2. The molecule has 6 nitrogen and oxygen atoms in total. The minimum Gasteiger partial charge on any atom is -0.506 e. The number of phenols is 1. The molecule has 0 fully saturated rings. The highest BCUT2D eigenvalue weighted by Crippen LogP contribution is 2.25. The fourth-order valence-electron chi connectivity index (χ4n) is 1.72.